The van der Waals surface area contributed by atoms with Crippen molar-refractivity contribution in [1.82, 2.24) is 14.9 Å². The second-order valence-corrected chi connectivity index (χ2v) is 7.71. The number of nitrogen functional groups attached to an aromatic ring is 1. The first-order valence-corrected chi connectivity index (χ1v) is 11.2. The van der Waals surface area contributed by atoms with E-state index in [0.29, 0.717) is 12.0 Å². The summed E-state index contributed by atoms with van der Waals surface area (Å²) in [7, 11) is 1.41. The van der Waals surface area contributed by atoms with Crippen molar-refractivity contribution in [3.8, 4) is 0 Å². The lowest BCUT2D eigenvalue weighted by Gasteiger charge is -2.24. The third-order valence-electron chi connectivity index (χ3n) is 5.11. The predicted octanol–water partition coefficient (Wildman–Crippen LogP) is 0.260. The van der Waals surface area contributed by atoms with Crippen LogP contribution in [0.4, 0.5) is 11.5 Å². The Balaban J connectivity index is 2.16. The van der Waals surface area contributed by atoms with E-state index in [-0.39, 0.29) is 31.2 Å². The van der Waals surface area contributed by atoms with E-state index in [1.807, 2.05) is 6.92 Å². The van der Waals surface area contributed by atoms with Gasteiger partial charge in [-0.05, 0) is 25.5 Å². The monoisotopic (exact) mass is 489 g/mol. The van der Waals surface area contributed by atoms with Gasteiger partial charge in [0.1, 0.15) is 11.9 Å². The normalized spacial score (nSPS) is 11.5. The lowest BCUT2D eigenvalue weighted by atomic mass is 10.2. The number of aromatic amines is 1. The number of nitrogens with one attached hydrogen (secondary N) is 2. The van der Waals surface area contributed by atoms with E-state index in [1.165, 1.54) is 18.6 Å². The van der Waals surface area contributed by atoms with Crippen molar-refractivity contribution in [3.05, 3.63) is 56.7 Å². The van der Waals surface area contributed by atoms with Gasteiger partial charge in [-0.25, -0.2) is 9.59 Å². The van der Waals surface area contributed by atoms with Crippen LogP contribution in [0.25, 0.3) is 0 Å². The summed E-state index contributed by atoms with van der Waals surface area (Å²) in [4.78, 5) is 65.5. The van der Waals surface area contributed by atoms with Gasteiger partial charge >= 0.3 is 11.7 Å². The fraction of sp³-hybridized carbons (Fsp3) is 0.435. The molecule has 1 heterocycles. The molecule has 1 atom stereocenters. The number of esters is 1. The summed E-state index contributed by atoms with van der Waals surface area (Å²) >= 11 is 0. The Morgan fingerprint density at radius 3 is 2.51 bits per heavy atom. The van der Waals surface area contributed by atoms with Gasteiger partial charge in [-0.15, -0.1) is 0 Å². The number of unbranched alkanes of at least 4 members (excludes halogenated alkanes) is 1. The fourth-order valence-electron chi connectivity index (χ4n) is 3.18. The fourth-order valence-corrected chi connectivity index (χ4v) is 3.18. The number of aromatic nitrogens is 2. The summed E-state index contributed by atoms with van der Waals surface area (Å²) in [6, 6.07) is 7.27. The number of methoxy groups -OCH3 is 1. The number of rotatable bonds is 12. The zero-order chi connectivity index (χ0) is 26.0. The van der Waals surface area contributed by atoms with Crippen molar-refractivity contribution < 1.29 is 23.9 Å². The van der Waals surface area contributed by atoms with Crippen molar-refractivity contribution in [2.24, 2.45) is 0 Å². The quantitative estimate of drug-likeness (QED) is 0.357. The highest BCUT2D eigenvalue weighted by Gasteiger charge is 2.26. The zero-order valence-corrected chi connectivity index (χ0v) is 20.0. The number of carbonyl (C=O) groups excluding carboxylic acids is 3. The average molecular weight is 490 g/mol. The van der Waals surface area contributed by atoms with Crippen LogP contribution >= 0.6 is 0 Å². The van der Waals surface area contributed by atoms with Gasteiger partial charge in [-0.2, -0.15) is 0 Å². The molecule has 0 saturated carbocycles. The van der Waals surface area contributed by atoms with Gasteiger partial charge in [-0.3, -0.25) is 28.8 Å². The van der Waals surface area contributed by atoms with Crippen LogP contribution in [0.3, 0.4) is 0 Å². The number of anilines is 2. The van der Waals surface area contributed by atoms with Crippen LogP contribution in [0.2, 0.25) is 0 Å². The Morgan fingerprint density at radius 2 is 1.89 bits per heavy atom. The Bertz CT molecular complexity index is 1140. The number of amides is 2. The topological polar surface area (TPSA) is 166 Å². The maximum Gasteiger partial charge on any atom is 0.330 e. The minimum atomic E-state index is -1.03. The number of H-pyrrole nitrogens is 1. The molecule has 0 aliphatic rings. The van der Waals surface area contributed by atoms with Crippen LogP contribution in [-0.4, -0.2) is 60.2 Å². The lowest BCUT2D eigenvalue weighted by molar-refractivity contribution is -0.149. The molecular weight excluding hydrogens is 458 g/mol. The van der Waals surface area contributed by atoms with E-state index in [4.69, 9.17) is 15.2 Å². The third kappa shape index (κ3) is 7.27. The number of ether oxygens (including phenoxy) is 2. The first-order chi connectivity index (χ1) is 16.7. The molecule has 2 rings (SSSR count). The van der Waals surface area contributed by atoms with Crippen LogP contribution in [0, 0.1) is 0 Å². The van der Waals surface area contributed by atoms with Crippen molar-refractivity contribution in [1.29, 1.82) is 0 Å². The Labute approximate surface area is 202 Å². The van der Waals surface area contributed by atoms with Gasteiger partial charge in [0, 0.05) is 25.8 Å². The van der Waals surface area contributed by atoms with Crippen LogP contribution in [0.5, 0.6) is 0 Å². The molecule has 1 aromatic carbocycles. The standard InChI is InChI=1S/C23H31N5O7/c1-4-5-11-28-19(24)18(21(31)26-23(28)33)27(12-13-34-3)17(29)14-35-22(32)15(2)25-20(30)16-9-7-6-8-10-16/h6-10,15H,4-5,11-14,24H2,1-3H3,(H,25,30)(H,26,31,33)/t15-/m0/s1. The van der Waals surface area contributed by atoms with Gasteiger partial charge < -0.3 is 20.5 Å². The molecule has 35 heavy (non-hydrogen) atoms. The number of carbonyl (C=O) groups is 3. The molecular formula is C23H31N5O7. The summed E-state index contributed by atoms with van der Waals surface area (Å²) in [5, 5.41) is 2.49. The number of hydrogen-bond donors (Lipinski definition) is 3. The molecule has 4 N–H and O–H groups in total. The van der Waals surface area contributed by atoms with Crippen LogP contribution in [0.15, 0.2) is 39.9 Å². The smallest absolute Gasteiger partial charge is 0.330 e. The minimum absolute atomic E-state index is 0.0518. The summed E-state index contributed by atoms with van der Waals surface area (Å²) in [5.41, 5.74) is 4.70. The van der Waals surface area contributed by atoms with E-state index in [2.05, 4.69) is 10.3 Å². The zero-order valence-electron chi connectivity index (χ0n) is 20.0. The summed E-state index contributed by atoms with van der Waals surface area (Å²) < 4.78 is 11.3. The first-order valence-electron chi connectivity index (χ1n) is 11.2. The molecule has 0 bridgehead atoms. The number of hydrogen-bond acceptors (Lipinski definition) is 8. The van der Waals surface area contributed by atoms with Crippen LogP contribution in [0.1, 0.15) is 37.0 Å². The number of nitrogens with zero attached hydrogens (tertiary/aromatic N) is 2. The average Bonchev–Trinajstić information content (AvgIpc) is 2.84. The molecule has 190 valence electrons. The molecule has 1 aromatic heterocycles. The van der Waals surface area contributed by atoms with E-state index in [9.17, 15) is 24.0 Å². The molecule has 0 fully saturated rings. The van der Waals surface area contributed by atoms with Gasteiger partial charge in [-0.1, -0.05) is 31.5 Å². The van der Waals surface area contributed by atoms with Crippen LogP contribution < -0.4 is 27.2 Å². The summed E-state index contributed by atoms with van der Waals surface area (Å²) in [6.45, 7) is 2.86. The molecule has 0 saturated heterocycles. The van der Waals surface area contributed by atoms with E-state index in [1.54, 1.807) is 30.3 Å². The largest absolute Gasteiger partial charge is 0.454 e. The molecule has 12 nitrogen and oxygen atoms in total. The predicted molar refractivity (Wildman–Crippen MR) is 129 cm³/mol. The van der Waals surface area contributed by atoms with E-state index in [0.717, 1.165) is 11.3 Å². The summed E-state index contributed by atoms with van der Waals surface area (Å²) in [5.74, 6) is -2.25. The van der Waals surface area contributed by atoms with Gasteiger partial charge in [0.15, 0.2) is 12.3 Å². The van der Waals surface area contributed by atoms with Crippen LogP contribution in [-0.2, 0) is 25.6 Å². The Morgan fingerprint density at radius 1 is 1.20 bits per heavy atom. The molecule has 0 aliphatic carbocycles. The second-order valence-electron chi connectivity index (χ2n) is 7.71. The minimum Gasteiger partial charge on any atom is -0.454 e. The number of benzene rings is 1. The van der Waals surface area contributed by atoms with Crippen molar-refractivity contribution in [2.45, 2.75) is 39.3 Å². The maximum absolute atomic E-state index is 12.9. The van der Waals surface area contributed by atoms with Gasteiger partial charge in [0.05, 0.1) is 6.61 Å². The third-order valence-corrected chi connectivity index (χ3v) is 5.11. The molecule has 2 amide bonds. The van der Waals surface area contributed by atoms with Crippen molar-refractivity contribution in [3.63, 3.8) is 0 Å². The second kappa shape index (κ2) is 13.1. The Hall–Kier alpha value is -3.93. The van der Waals surface area contributed by atoms with Gasteiger partial charge in [0.25, 0.3) is 17.4 Å². The number of nitrogens with two attached hydrogens (primary N) is 1. The molecule has 0 radical (unpaired) electrons. The van der Waals surface area contributed by atoms with Crippen molar-refractivity contribution >= 4 is 29.3 Å². The van der Waals surface area contributed by atoms with E-state index >= 15 is 0 Å². The highest BCUT2D eigenvalue weighted by molar-refractivity contribution is 5.98. The molecule has 0 unspecified atom stereocenters. The SMILES string of the molecule is CCCCn1c(N)c(N(CCOC)C(=O)COC(=O)[C@H](C)NC(=O)c2ccccc2)c(=O)[nH]c1=O. The maximum atomic E-state index is 12.9. The summed E-state index contributed by atoms with van der Waals surface area (Å²) in [6.07, 6.45) is 1.41. The Kier molecular flexibility index (Phi) is 10.2. The first kappa shape index (κ1) is 27.3. The van der Waals surface area contributed by atoms with Crippen molar-refractivity contribution in [2.75, 3.05) is 37.5 Å². The highest BCUT2D eigenvalue weighted by atomic mass is 16.5. The van der Waals surface area contributed by atoms with E-state index < -0.39 is 41.7 Å². The van der Waals surface area contributed by atoms with Gasteiger partial charge in [0.2, 0.25) is 0 Å². The molecule has 2 aromatic rings. The highest BCUT2D eigenvalue weighted by Crippen LogP contribution is 2.17. The lowest BCUT2D eigenvalue weighted by Crippen LogP contribution is -2.45. The molecule has 0 aliphatic heterocycles. The molecule has 12 heteroatoms. The molecule has 0 spiro atoms.